The molecule has 1 fully saturated rings. The van der Waals surface area contributed by atoms with Crippen LogP contribution >= 0.6 is 0 Å². The summed E-state index contributed by atoms with van der Waals surface area (Å²) in [5.74, 6) is 2.07. The average molecular weight is 377 g/mol. The van der Waals surface area contributed by atoms with Crippen molar-refractivity contribution in [2.24, 2.45) is 5.92 Å². The summed E-state index contributed by atoms with van der Waals surface area (Å²) in [5.41, 5.74) is 3.13. The highest BCUT2D eigenvalue weighted by Crippen LogP contribution is 2.39. The number of nitrogens with one attached hydrogen (secondary N) is 3. The highest BCUT2D eigenvalue weighted by Gasteiger charge is 2.29. The van der Waals surface area contributed by atoms with Crippen LogP contribution in [0.15, 0.2) is 36.5 Å². The third kappa shape index (κ3) is 3.86. The fourth-order valence-electron chi connectivity index (χ4n) is 3.40. The number of hydrogen-bond donors (Lipinski definition) is 3. The molecular weight excluding hydrogens is 350 g/mol. The molecule has 3 N–H and O–H groups in total. The van der Waals surface area contributed by atoms with E-state index >= 15 is 0 Å². The number of nitrogens with zero attached hydrogens (tertiary/aromatic N) is 2. The second-order valence-electron chi connectivity index (χ2n) is 7.84. The maximum Gasteiger partial charge on any atom is 0.223 e. The molecule has 146 valence electrons. The van der Waals surface area contributed by atoms with E-state index in [1.165, 1.54) is 10.9 Å². The Bertz CT molecular complexity index is 990. The Balaban J connectivity index is 1.71. The van der Waals surface area contributed by atoms with E-state index in [9.17, 15) is 4.79 Å². The van der Waals surface area contributed by atoms with Crippen LogP contribution in [0.2, 0.25) is 0 Å². The van der Waals surface area contributed by atoms with Gasteiger partial charge >= 0.3 is 0 Å². The molecule has 0 bridgehead atoms. The number of anilines is 1. The van der Waals surface area contributed by atoms with Gasteiger partial charge in [-0.15, -0.1) is 0 Å². The molecule has 0 saturated heterocycles. The smallest absolute Gasteiger partial charge is 0.223 e. The van der Waals surface area contributed by atoms with Crippen LogP contribution in [-0.4, -0.2) is 27.9 Å². The summed E-state index contributed by atoms with van der Waals surface area (Å²) >= 11 is 0. The zero-order valence-electron chi connectivity index (χ0n) is 16.6. The van der Waals surface area contributed by atoms with Gasteiger partial charge in [-0.05, 0) is 24.5 Å². The highest BCUT2D eigenvalue weighted by molar-refractivity contribution is 5.83. The monoisotopic (exact) mass is 377 g/mol. The molecule has 3 aromatic rings. The lowest BCUT2D eigenvalue weighted by Gasteiger charge is -2.21. The summed E-state index contributed by atoms with van der Waals surface area (Å²) in [6, 6.07) is 9.97. The van der Waals surface area contributed by atoms with Crippen LogP contribution in [0, 0.1) is 5.92 Å². The number of benzene rings is 1. The van der Waals surface area contributed by atoms with Gasteiger partial charge in [-0.25, -0.2) is 9.97 Å². The Labute approximate surface area is 165 Å². The molecule has 0 unspecified atom stereocenters. The Morgan fingerprint density at radius 2 is 2.04 bits per heavy atom. The normalized spacial score (nSPS) is 15.0. The SMILES string of the molecule is CNc1cc([C@@H](Cc2c[nH]c3ccccc23)NC(=O)C(C)C)nc(C2CC2)n1. The van der Waals surface area contributed by atoms with Crippen molar-refractivity contribution < 1.29 is 4.79 Å². The Kier molecular flexibility index (Phi) is 5.03. The predicted octanol–water partition coefficient (Wildman–Crippen LogP) is 3.93. The maximum absolute atomic E-state index is 12.5. The molecular formula is C22H27N5O. The van der Waals surface area contributed by atoms with Gasteiger partial charge in [0.15, 0.2) is 0 Å². The maximum atomic E-state index is 12.5. The fraction of sp³-hybridized carbons (Fsp3) is 0.409. The molecule has 1 amide bonds. The molecule has 2 heterocycles. The van der Waals surface area contributed by atoms with E-state index in [0.717, 1.165) is 35.7 Å². The number of amides is 1. The lowest BCUT2D eigenvalue weighted by molar-refractivity contribution is -0.124. The van der Waals surface area contributed by atoms with Gasteiger partial charge in [0.05, 0.1) is 11.7 Å². The second kappa shape index (κ2) is 7.62. The summed E-state index contributed by atoms with van der Waals surface area (Å²) in [7, 11) is 1.87. The molecule has 1 aliphatic carbocycles. The van der Waals surface area contributed by atoms with E-state index < -0.39 is 0 Å². The largest absolute Gasteiger partial charge is 0.373 e. The molecule has 4 rings (SSSR count). The van der Waals surface area contributed by atoms with Crippen molar-refractivity contribution in [3.8, 4) is 0 Å². The average Bonchev–Trinajstić information content (AvgIpc) is 3.48. The Morgan fingerprint density at radius 1 is 1.25 bits per heavy atom. The van der Waals surface area contributed by atoms with Crippen molar-refractivity contribution in [2.45, 2.75) is 45.1 Å². The Hall–Kier alpha value is -2.89. The van der Waals surface area contributed by atoms with Gasteiger partial charge in [0.1, 0.15) is 11.6 Å². The Morgan fingerprint density at radius 3 is 2.75 bits per heavy atom. The minimum absolute atomic E-state index is 0.0300. The van der Waals surface area contributed by atoms with Gasteiger partial charge in [0.25, 0.3) is 0 Å². The first-order valence-electron chi connectivity index (χ1n) is 9.97. The molecule has 0 radical (unpaired) electrons. The van der Waals surface area contributed by atoms with E-state index in [-0.39, 0.29) is 17.9 Å². The van der Waals surface area contributed by atoms with Gasteiger partial charge in [-0.2, -0.15) is 0 Å². The zero-order valence-corrected chi connectivity index (χ0v) is 16.6. The molecule has 1 aliphatic rings. The van der Waals surface area contributed by atoms with Crippen LogP contribution in [0.25, 0.3) is 10.9 Å². The number of aromatic nitrogens is 3. The fourth-order valence-corrected chi connectivity index (χ4v) is 3.40. The van der Waals surface area contributed by atoms with E-state index in [1.54, 1.807) is 0 Å². The number of aromatic amines is 1. The van der Waals surface area contributed by atoms with Crippen molar-refractivity contribution in [2.75, 3.05) is 12.4 Å². The number of rotatable bonds is 7. The number of hydrogen-bond acceptors (Lipinski definition) is 4. The topological polar surface area (TPSA) is 82.7 Å². The molecule has 6 heteroatoms. The van der Waals surface area contributed by atoms with Crippen molar-refractivity contribution in [3.05, 3.63) is 53.6 Å². The first-order valence-corrected chi connectivity index (χ1v) is 9.97. The third-order valence-corrected chi connectivity index (χ3v) is 5.26. The van der Waals surface area contributed by atoms with E-state index in [4.69, 9.17) is 4.98 Å². The lowest BCUT2D eigenvalue weighted by atomic mass is 10.0. The molecule has 1 aromatic carbocycles. The van der Waals surface area contributed by atoms with Crippen LogP contribution in [0.4, 0.5) is 5.82 Å². The number of H-pyrrole nitrogens is 1. The summed E-state index contributed by atoms with van der Waals surface area (Å²) in [6.07, 6.45) is 4.98. The van der Waals surface area contributed by atoms with Gasteiger partial charge < -0.3 is 15.6 Å². The van der Waals surface area contributed by atoms with Crippen LogP contribution in [0.3, 0.4) is 0 Å². The standard InChI is InChI=1S/C22H27N5O/c1-13(2)22(28)26-18(10-15-12-24-17-7-5-4-6-16(15)17)19-11-20(23-3)27-21(25-19)14-8-9-14/h4-7,11-14,18,24H,8-10H2,1-3H3,(H,26,28)(H,23,25,27)/t18-/m1/s1. The molecule has 0 aliphatic heterocycles. The van der Waals surface area contributed by atoms with Gasteiger partial charge in [0, 0.05) is 48.5 Å². The summed E-state index contributed by atoms with van der Waals surface area (Å²) in [6.45, 7) is 3.82. The van der Waals surface area contributed by atoms with Crippen LogP contribution in [-0.2, 0) is 11.2 Å². The van der Waals surface area contributed by atoms with Crippen molar-refractivity contribution >= 4 is 22.6 Å². The molecule has 1 atom stereocenters. The van der Waals surface area contributed by atoms with E-state index in [2.05, 4.69) is 32.7 Å². The molecule has 1 saturated carbocycles. The first-order chi connectivity index (χ1) is 13.5. The van der Waals surface area contributed by atoms with Crippen LogP contribution < -0.4 is 10.6 Å². The number of carbonyl (C=O) groups is 1. The van der Waals surface area contributed by atoms with Gasteiger partial charge in [0.2, 0.25) is 5.91 Å². The van der Waals surface area contributed by atoms with Crippen molar-refractivity contribution in [3.63, 3.8) is 0 Å². The zero-order chi connectivity index (χ0) is 19.7. The van der Waals surface area contributed by atoms with Crippen LogP contribution in [0.5, 0.6) is 0 Å². The predicted molar refractivity (Wildman–Crippen MR) is 111 cm³/mol. The van der Waals surface area contributed by atoms with Crippen molar-refractivity contribution in [1.29, 1.82) is 0 Å². The molecule has 0 spiro atoms. The minimum Gasteiger partial charge on any atom is -0.373 e. The lowest BCUT2D eigenvalue weighted by Crippen LogP contribution is -2.33. The van der Waals surface area contributed by atoms with Crippen LogP contribution in [0.1, 0.15) is 55.7 Å². The third-order valence-electron chi connectivity index (χ3n) is 5.26. The van der Waals surface area contributed by atoms with E-state index in [1.807, 2.05) is 45.3 Å². The summed E-state index contributed by atoms with van der Waals surface area (Å²) in [4.78, 5) is 25.3. The number of carbonyl (C=O) groups excluding carboxylic acids is 1. The molecule has 2 aromatic heterocycles. The number of fused-ring (bicyclic) bond motifs is 1. The number of para-hydroxylation sites is 1. The quantitative estimate of drug-likeness (QED) is 0.582. The first kappa shape index (κ1) is 18.5. The van der Waals surface area contributed by atoms with E-state index in [0.29, 0.717) is 12.3 Å². The minimum atomic E-state index is -0.207. The van der Waals surface area contributed by atoms with Gasteiger partial charge in [-0.3, -0.25) is 4.79 Å². The summed E-state index contributed by atoms with van der Waals surface area (Å²) in [5, 5.41) is 7.52. The van der Waals surface area contributed by atoms with Gasteiger partial charge in [-0.1, -0.05) is 32.0 Å². The molecule has 6 nitrogen and oxygen atoms in total. The highest BCUT2D eigenvalue weighted by atomic mass is 16.1. The van der Waals surface area contributed by atoms with Crippen molar-refractivity contribution in [1.82, 2.24) is 20.3 Å². The second-order valence-corrected chi connectivity index (χ2v) is 7.84. The molecule has 28 heavy (non-hydrogen) atoms. The summed E-state index contributed by atoms with van der Waals surface area (Å²) < 4.78 is 0.